The molecule has 7 nitrogen and oxygen atoms in total. The highest BCUT2D eigenvalue weighted by molar-refractivity contribution is 5.83. The van der Waals surface area contributed by atoms with E-state index in [2.05, 4.69) is 50.0 Å². The van der Waals surface area contributed by atoms with Gasteiger partial charge in [0.05, 0.1) is 0 Å². The molecular formula is C22H21N5O2. The Morgan fingerprint density at radius 3 is 2.86 bits per heavy atom. The maximum Gasteiger partial charge on any atom is 0.229 e. The molecule has 29 heavy (non-hydrogen) atoms. The number of anilines is 3. The third-order valence-corrected chi connectivity index (χ3v) is 4.83. The van der Waals surface area contributed by atoms with Crippen molar-refractivity contribution < 1.29 is 9.47 Å². The molecule has 146 valence electrons. The minimum Gasteiger partial charge on any atom is -0.486 e. The number of fused-ring (bicyclic) bond motifs is 2. The van der Waals surface area contributed by atoms with Crippen LogP contribution >= 0.6 is 0 Å². The van der Waals surface area contributed by atoms with Crippen LogP contribution in [0.25, 0.3) is 10.9 Å². The molecule has 0 amide bonds. The number of ether oxygens (including phenoxy) is 2. The fraction of sp³-hybridized carbons (Fsp3) is 0.182. The van der Waals surface area contributed by atoms with E-state index in [1.165, 1.54) is 10.9 Å². The van der Waals surface area contributed by atoms with Gasteiger partial charge in [-0.3, -0.25) is 0 Å². The van der Waals surface area contributed by atoms with E-state index in [1.807, 2.05) is 30.3 Å². The van der Waals surface area contributed by atoms with Crippen LogP contribution in [0.2, 0.25) is 0 Å². The smallest absolute Gasteiger partial charge is 0.229 e. The first-order valence-electron chi connectivity index (χ1n) is 9.64. The number of aromatic amines is 1. The number of para-hydroxylation sites is 1. The van der Waals surface area contributed by atoms with Gasteiger partial charge in [0, 0.05) is 41.6 Å². The quantitative estimate of drug-likeness (QED) is 0.461. The summed E-state index contributed by atoms with van der Waals surface area (Å²) < 4.78 is 11.2. The van der Waals surface area contributed by atoms with E-state index in [0.29, 0.717) is 19.2 Å². The number of benzene rings is 2. The molecule has 0 bridgehead atoms. The normalized spacial score (nSPS) is 12.7. The minimum absolute atomic E-state index is 0.527. The van der Waals surface area contributed by atoms with Crippen molar-refractivity contribution in [1.82, 2.24) is 15.0 Å². The Hall–Kier alpha value is -3.74. The maximum absolute atomic E-state index is 5.62. The molecule has 4 aromatic rings. The lowest BCUT2D eigenvalue weighted by atomic mass is 10.1. The van der Waals surface area contributed by atoms with Crippen LogP contribution in [0.3, 0.4) is 0 Å². The molecule has 0 radical (unpaired) electrons. The van der Waals surface area contributed by atoms with Gasteiger partial charge >= 0.3 is 0 Å². The second-order valence-electron chi connectivity index (χ2n) is 6.79. The molecule has 1 aliphatic heterocycles. The molecule has 2 aromatic heterocycles. The predicted octanol–water partition coefficient (Wildman–Crippen LogP) is 4.13. The summed E-state index contributed by atoms with van der Waals surface area (Å²) in [5, 5.41) is 7.86. The summed E-state index contributed by atoms with van der Waals surface area (Å²) in [5.41, 5.74) is 3.30. The fourth-order valence-corrected chi connectivity index (χ4v) is 3.43. The topological polar surface area (TPSA) is 84.1 Å². The van der Waals surface area contributed by atoms with E-state index in [9.17, 15) is 0 Å². The summed E-state index contributed by atoms with van der Waals surface area (Å²) in [5.74, 6) is 2.79. The van der Waals surface area contributed by atoms with Crippen LogP contribution in [0.4, 0.5) is 17.5 Å². The van der Waals surface area contributed by atoms with Gasteiger partial charge in [0.2, 0.25) is 5.95 Å². The highest BCUT2D eigenvalue weighted by Crippen LogP contribution is 2.33. The van der Waals surface area contributed by atoms with E-state index in [1.54, 1.807) is 6.20 Å². The molecule has 0 fully saturated rings. The van der Waals surface area contributed by atoms with Gasteiger partial charge in [-0.2, -0.15) is 4.98 Å². The number of hydrogen-bond donors (Lipinski definition) is 3. The molecular weight excluding hydrogens is 366 g/mol. The largest absolute Gasteiger partial charge is 0.486 e. The molecule has 7 heteroatoms. The monoisotopic (exact) mass is 387 g/mol. The predicted molar refractivity (Wildman–Crippen MR) is 113 cm³/mol. The van der Waals surface area contributed by atoms with Gasteiger partial charge in [0.25, 0.3) is 0 Å². The molecule has 5 rings (SSSR count). The summed E-state index contributed by atoms with van der Waals surface area (Å²) in [6.45, 7) is 1.92. The van der Waals surface area contributed by atoms with Crippen molar-refractivity contribution in [2.75, 3.05) is 30.4 Å². The van der Waals surface area contributed by atoms with E-state index < -0.39 is 0 Å². The van der Waals surface area contributed by atoms with E-state index in [-0.39, 0.29) is 0 Å². The van der Waals surface area contributed by atoms with Crippen molar-refractivity contribution in [2.45, 2.75) is 6.42 Å². The number of H-pyrrole nitrogens is 1. The Morgan fingerprint density at radius 2 is 1.90 bits per heavy atom. The van der Waals surface area contributed by atoms with Gasteiger partial charge in [-0.25, -0.2) is 4.98 Å². The van der Waals surface area contributed by atoms with Gasteiger partial charge in [0.15, 0.2) is 11.5 Å². The van der Waals surface area contributed by atoms with Crippen molar-refractivity contribution in [1.29, 1.82) is 0 Å². The maximum atomic E-state index is 5.62. The second-order valence-corrected chi connectivity index (χ2v) is 6.79. The summed E-state index contributed by atoms with van der Waals surface area (Å²) >= 11 is 0. The molecule has 3 heterocycles. The number of aromatic nitrogens is 3. The Labute approximate surface area is 168 Å². The van der Waals surface area contributed by atoms with Crippen molar-refractivity contribution >= 4 is 28.4 Å². The molecule has 0 aliphatic carbocycles. The van der Waals surface area contributed by atoms with E-state index >= 15 is 0 Å². The Morgan fingerprint density at radius 1 is 1.00 bits per heavy atom. The lowest BCUT2D eigenvalue weighted by Gasteiger charge is -2.19. The zero-order valence-electron chi connectivity index (χ0n) is 15.8. The Kier molecular flexibility index (Phi) is 4.62. The molecule has 3 N–H and O–H groups in total. The van der Waals surface area contributed by atoms with Crippen LogP contribution < -0.4 is 20.1 Å². The van der Waals surface area contributed by atoms with E-state index in [4.69, 9.17) is 9.47 Å². The summed E-state index contributed by atoms with van der Waals surface area (Å²) in [6, 6.07) is 15.9. The Balaban J connectivity index is 1.23. The standard InChI is InChI=1S/C22H21N5O2/c1-2-4-18-17(3-1)15(14-25-18)7-9-23-21-8-10-24-22(27-21)26-16-5-6-19-20(13-16)29-12-11-28-19/h1-6,8,10,13-14,25H,7,9,11-12H2,(H2,23,24,26,27). The van der Waals surface area contributed by atoms with Crippen LogP contribution in [0.5, 0.6) is 11.5 Å². The van der Waals surface area contributed by atoms with Crippen LogP contribution in [-0.4, -0.2) is 34.7 Å². The number of nitrogens with zero attached hydrogens (tertiary/aromatic N) is 2. The van der Waals surface area contributed by atoms with Crippen molar-refractivity contribution in [3.63, 3.8) is 0 Å². The lowest BCUT2D eigenvalue weighted by Crippen LogP contribution is -2.15. The number of hydrogen-bond acceptors (Lipinski definition) is 6. The van der Waals surface area contributed by atoms with Gasteiger partial charge < -0.3 is 25.1 Å². The fourth-order valence-electron chi connectivity index (χ4n) is 3.43. The Bertz CT molecular complexity index is 1140. The first-order chi connectivity index (χ1) is 14.3. The van der Waals surface area contributed by atoms with E-state index in [0.717, 1.165) is 41.5 Å². The highest BCUT2D eigenvalue weighted by atomic mass is 16.6. The summed E-state index contributed by atoms with van der Waals surface area (Å²) in [7, 11) is 0. The van der Waals surface area contributed by atoms with Gasteiger partial charge in [-0.05, 0) is 36.2 Å². The summed E-state index contributed by atoms with van der Waals surface area (Å²) in [4.78, 5) is 12.2. The molecule has 1 aliphatic rings. The van der Waals surface area contributed by atoms with Crippen molar-refractivity contribution in [2.24, 2.45) is 0 Å². The van der Waals surface area contributed by atoms with Crippen LogP contribution in [0, 0.1) is 0 Å². The number of nitrogens with one attached hydrogen (secondary N) is 3. The zero-order chi connectivity index (χ0) is 19.5. The molecule has 0 unspecified atom stereocenters. The molecule has 0 saturated heterocycles. The lowest BCUT2D eigenvalue weighted by molar-refractivity contribution is 0.171. The zero-order valence-corrected chi connectivity index (χ0v) is 15.8. The van der Waals surface area contributed by atoms with Gasteiger partial charge in [0.1, 0.15) is 19.0 Å². The first kappa shape index (κ1) is 17.4. The van der Waals surface area contributed by atoms with Crippen LogP contribution in [-0.2, 0) is 6.42 Å². The van der Waals surface area contributed by atoms with Gasteiger partial charge in [-0.1, -0.05) is 18.2 Å². The average molecular weight is 387 g/mol. The average Bonchev–Trinajstić information content (AvgIpc) is 3.17. The number of rotatable bonds is 6. The van der Waals surface area contributed by atoms with Crippen molar-refractivity contribution in [3.05, 3.63) is 66.5 Å². The molecule has 2 aromatic carbocycles. The second kappa shape index (κ2) is 7.71. The first-order valence-corrected chi connectivity index (χ1v) is 9.64. The highest BCUT2D eigenvalue weighted by Gasteiger charge is 2.12. The summed E-state index contributed by atoms with van der Waals surface area (Å²) in [6.07, 6.45) is 4.71. The SMILES string of the molecule is c1ccc2c(CCNc3ccnc(Nc4ccc5c(c4)OCCO5)n3)c[nH]c2c1. The molecule has 0 atom stereocenters. The van der Waals surface area contributed by atoms with Crippen molar-refractivity contribution in [3.8, 4) is 11.5 Å². The van der Waals surface area contributed by atoms with Gasteiger partial charge in [-0.15, -0.1) is 0 Å². The third kappa shape index (κ3) is 3.80. The molecule has 0 saturated carbocycles. The third-order valence-electron chi connectivity index (χ3n) is 4.83. The molecule has 0 spiro atoms. The van der Waals surface area contributed by atoms with Crippen LogP contribution in [0.15, 0.2) is 60.9 Å². The minimum atomic E-state index is 0.527. The van der Waals surface area contributed by atoms with Crippen LogP contribution in [0.1, 0.15) is 5.56 Å².